The largest absolute Gasteiger partial charge is 0.385 e. The Labute approximate surface area is 165 Å². The molecule has 2 aromatic rings. The maximum absolute atomic E-state index is 13.3. The zero-order chi connectivity index (χ0) is 19.1. The molecule has 1 N–H and O–H groups in total. The molecule has 0 spiro atoms. The molecule has 28 heavy (non-hydrogen) atoms. The SMILES string of the molecule is O[C@]1(c2ccc(F)cc2)CC[C@@H]2CN(Cc3ccnc(N4CCCC4)n3)C[C@@H]21. The number of aliphatic hydroxyl groups is 1. The zero-order valence-corrected chi connectivity index (χ0v) is 16.1. The van der Waals surface area contributed by atoms with E-state index in [4.69, 9.17) is 4.98 Å². The van der Waals surface area contributed by atoms with E-state index in [0.717, 1.165) is 62.8 Å². The Morgan fingerprint density at radius 2 is 1.89 bits per heavy atom. The summed E-state index contributed by atoms with van der Waals surface area (Å²) in [5.41, 5.74) is 1.04. The van der Waals surface area contributed by atoms with E-state index in [-0.39, 0.29) is 11.7 Å². The zero-order valence-electron chi connectivity index (χ0n) is 16.1. The van der Waals surface area contributed by atoms with Crippen molar-refractivity contribution < 1.29 is 9.50 Å². The summed E-state index contributed by atoms with van der Waals surface area (Å²) in [6.07, 6.45) is 6.06. The summed E-state index contributed by atoms with van der Waals surface area (Å²) >= 11 is 0. The number of aromatic nitrogens is 2. The molecular weight excluding hydrogens is 355 g/mol. The number of rotatable bonds is 4. The summed E-state index contributed by atoms with van der Waals surface area (Å²) < 4.78 is 13.3. The van der Waals surface area contributed by atoms with Crippen LogP contribution in [0.2, 0.25) is 0 Å². The van der Waals surface area contributed by atoms with Crippen LogP contribution in [0.4, 0.5) is 10.3 Å². The van der Waals surface area contributed by atoms with Crippen LogP contribution in [-0.2, 0) is 12.1 Å². The lowest BCUT2D eigenvalue weighted by molar-refractivity contribution is -0.00692. The number of anilines is 1. The van der Waals surface area contributed by atoms with Gasteiger partial charge in [0.05, 0.1) is 11.3 Å². The fraction of sp³-hybridized carbons (Fsp3) is 0.545. The maximum atomic E-state index is 13.3. The van der Waals surface area contributed by atoms with Gasteiger partial charge in [-0.3, -0.25) is 4.90 Å². The van der Waals surface area contributed by atoms with Gasteiger partial charge in [0.15, 0.2) is 0 Å². The van der Waals surface area contributed by atoms with E-state index < -0.39 is 5.60 Å². The van der Waals surface area contributed by atoms with Crippen LogP contribution in [0.5, 0.6) is 0 Å². The molecule has 3 atom stereocenters. The van der Waals surface area contributed by atoms with Crippen LogP contribution in [0, 0.1) is 17.7 Å². The fourth-order valence-electron chi connectivity index (χ4n) is 5.38. The Hall–Kier alpha value is -2.05. The summed E-state index contributed by atoms with van der Waals surface area (Å²) in [6.45, 7) is 4.71. The van der Waals surface area contributed by atoms with Crippen molar-refractivity contribution in [3.05, 3.63) is 53.6 Å². The first-order valence-corrected chi connectivity index (χ1v) is 10.4. The lowest BCUT2D eigenvalue weighted by Crippen LogP contribution is -2.34. The molecule has 0 unspecified atom stereocenters. The quantitative estimate of drug-likeness (QED) is 0.881. The Morgan fingerprint density at radius 3 is 2.68 bits per heavy atom. The van der Waals surface area contributed by atoms with Gasteiger partial charge in [-0.25, -0.2) is 14.4 Å². The number of halogens is 1. The van der Waals surface area contributed by atoms with Crippen molar-refractivity contribution in [2.45, 2.75) is 37.8 Å². The Kier molecular flexibility index (Phi) is 4.56. The average molecular weight is 382 g/mol. The standard InChI is InChI=1S/C22H27FN4O/c23-18-5-3-17(4-6-18)22(28)9-7-16-13-26(15-20(16)22)14-19-8-10-24-21(25-19)27-11-1-2-12-27/h3-6,8,10,16,20,28H,1-2,7,9,11-15H2/t16-,20+,22+/m1/s1. The van der Waals surface area contributed by atoms with Crippen LogP contribution in [-0.4, -0.2) is 46.2 Å². The van der Waals surface area contributed by atoms with Gasteiger partial charge >= 0.3 is 0 Å². The van der Waals surface area contributed by atoms with Gasteiger partial charge in [-0.05, 0) is 55.4 Å². The third-order valence-corrected chi connectivity index (χ3v) is 6.85. The Bertz CT molecular complexity index is 839. The van der Waals surface area contributed by atoms with Crippen molar-refractivity contribution in [3.63, 3.8) is 0 Å². The van der Waals surface area contributed by atoms with Crippen molar-refractivity contribution in [3.8, 4) is 0 Å². The van der Waals surface area contributed by atoms with Gasteiger partial charge in [-0.2, -0.15) is 0 Å². The highest BCUT2D eigenvalue weighted by molar-refractivity contribution is 5.31. The molecule has 3 aliphatic rings. The molecule has 2 aliphatic heterocycles. The van der Waals surface area contributed by atoms with E-state index >= 15 is 0 Å². The molecule has 3 fully saturated rings. The number of hydrogen-bond donors (Lipinski definition) is 1. The first-order chi connectivity index (χ1) is 13.6. The Morgan fingerprint density at radius 1 is 1.11 bits per heavy atom. The predicted molar refractivity (Wildman–Crippen MR) is 105 cm³/mol. The van der Waals surface area contributed by atoms with Crippen LogP contribution >= 0.6 is 0 Å². The monoisotopic (exact) mass is 382 g/mol. The fourth-order valence-corrected chi connectivity index (χ4v) is 5.38. The topological polar surface area (TPSA) is 52.5 Å². The molecule has 1 saturated carbocycles. The molecular formula is C22H27FN4O. The number of hydrogen-bond acceptors (Lipinski definition) is 5. The predicted octanol–water partition coefficient (Wildman–Crippen LogP) is 2.95. The summed E-state index contributed by atoms with van der Waals surface area (Å²) in [5, 5.41) is 11.4. The Balaban J connectivity index is 1.29. The van der Waals surface area contributed by atoms with Crippen molar-refractivity contribution in [2.24, 2.45) is 11.8 Å². The number of fused-ring (bicyclic) bond motifs is 1. The van der Waals surface area contributed by atoms with Gasteiger partial charge in [-0.15, -0.1) is 0 Å². The van der Waals surface area contributed by atoms with E-state index in [1.807, 2.05) is 12.3 Å². The van der Waals surface area contributed by atoms with Crippen molar-refractivity contribution in [1.29, 1.82) is 0 Å². The van der Waals surface area contributed by atoms with Crippen molar-refractivity contribution in [2.75, 3.05) is 31.1 Å². The number of likely N-dealkylation sites (tertiary alicyclic amines) is 1. The summed E-state index contributed by atoms with van der Waals surface area (Å²) in [7, 11) is 0. The van der Waals surface area contributed by atoms with Crippen LogP contribution < -0.4 is 4.90 Å². The van der Waals surface area contributed by atoms with Gasteiger partial charge in [0.25, 0.3) is 0 Å². The molecule has 148 valence electrons. The normalized spacial score (nSPS) is 30.1. The van der Waals surface area contributed by atoms with Gasteiger partial charge in [0, 0.05) is 44.8 Å². The second-order valence-corrected chi connectivity index (χ2v) is 8.57. The van der Waals surface area contributed by atoms with Gasteiger partial charge in [0.1, 0.15) is 5.82 Å². The molecule has 1 aromatic carbocycles. The van der Waals surface area contributed by atoms with E-state index in [1.54, 1.807) is 12.1 Å². The number of benzene rings is 1. The van der Waals surface area contributed by atoms with E-state index in [9.17, 15) is 9.50 Å². The molecule has 0 amide bonds. The molecule has 5 nitrogen and oxygen atoms in total. The molecule has 0 bridgehead atoms. The van der Waals surface area contributed by atoms with Gasteiger partial charge in [-0.1, -0.05) is 12.1 Å². The minimum atomic E-state index is -0.848. The van der Waals surface area contributed by atoms with Crippen LogP contribution in [0.25, 0.3) is 0 Å². The molecule has 5 rings (SSSR count). The average Bonchev–Trinajstić information content (AvgIpc) is 3.42. The summed E-state index contributed by atoms with van der Waals surface area (Å²) in [5.74, 6) is 1.26. The summed E-state index contributed by atoms with van der Waals surface area (Å²) in [6, 6.07) is 8.39. The molecule has 0 radical (unpaired) electrons. The highest BCUT2D eigenvalue weighted by Crippen LogP contribution is 2.50. The molecule has 3 heterocycles. The maximum Gasteiger partial charge on any atom is 0.225 e. The van der Waals surface area contributed by atoms with Crippen molar-refractivity contribution >= 4 is 5.95 Å². The lowest BCUT2D eigenvalue weighted by atomic mass is 9.82. The highest BCUT2D eigenvalue weighted by Gasteiger charge is 2.52. The smallest absolute Gasteiger partial charge is 0.225 e. The summed E-state index contributed by atoms with van der Waals surface area (Å²) in [4.78, 5) is 13.9. The van der Waals surface area contributed by atoms with Crippen LogP contribution in [0.15, 0.2) is 36.5 Å². The van der Waals surface area contributed by atoms with Gasteiger partial charge < -0.3 is 10.0 Å². The van der Waals surface area contributed by atoms with E-state index in [1.165, 1.54) is 25.0 Å². The second-order valence-electron chi connectivity index (χ2n) is 8.57. The minimum Gasteiger partial charge on any atom is -0.385 e. The first-order valence-electron chi connectivity index (χ1n) is 10.4. The molecule has 1 aromatic heterocycles. The van der Waals surface area contributed by atoms with Crippen molar-refractivity contribution in [1.82, 2.24) is 14.9 Å². The lowest BCUT2D eigenvalue weighted by Gasteiger charge is -2.31. The molecule has 2 saturated heterocycles. The van der Waals surface area contributed by atoms with E-state index in [0.29, 0.717) is 5.92 Å². The van der Waals surface area contributed by atoms with Gasteiger partial charge in [0.2, 0.25) is 5.95 Å². The first kappa shape index (κ1) is 18.0. The highest BCUT2D eigenvalue weighted by atomic mass is 19.1. The number of nitrogens with zero attached hydrogens (tertiary/aromatic N) is 4. The molecule has 6 heteroatoms. The van der Waals surface area contributed by atoms with Crippen LogP contribution in [0.3, 0.4) is 0 Å². The molecule has 1 aliphatic carbocycles. The minimum absolute atomic E-state index is 0.192. The second kappa shape index (κ2) is 7.08. The third kappa shape index (κ3) is 3.18. The third-order valence-electron chi connectivity index (χ3n) is 6.85. The van der Waals surface area contributed by atoms with E-state index in [2.05, 4.69) is 14.8 Å². The van der Waals surface area contributed by atoms with Crippen LogP contribution in [0.1, 0.15) is 36.9 Å².